The minimum Gasteiger partial charge on any atom is -0.466 e. The van der Waals surface area contributed by atoms with Crippen molar-refractivity contribution in [2.75, 3.05) is 66.1 Å². The van der Waals surface area contributed by atoms with Gasteiger partial charge in [0.15, 0.2) is 0 Å². The number of rotatable bonds is 43. The SMILES string of the molecule is O=C(CCCCCOOCCC(C(=O)OCCCCCC(=O)OCC1CCC2OC2C1)C(COOCCCCCC(=O)OCC1CCC2OC2C1)CC(=O)OCCCCCC(=O)OCC1CCC2OC2C1)OCC1CCC2OC2C1. The fraction of sp³-hybridized carbons (Fsp3) is 0.900. The van der Waals surface area contributed by atoms with Gasteiger partial charge in [-0.3, -0.25) is 28.8 Å². The number of unbranched alkanes of at least 4 members (excludes halogenated alkanes) is 8. The Hall–Kier alpha value is -3.50. The lowest BCUT2D eigenvalue weighted by molar-refractivity contribution is -0.307. The molecule has 4 aliphatic heterocycles. The predicted octanol–water partition coefficient (Wildman–Crippen LogP) is 8.67. The molecule has 14 atom stereocenters. The van der Waals surface area contributed by atoms with Crippen LogP contribution in [-0.4, -0.2) is 151 Å². The normalized spacial score (nSPS) is 29.2. The Bertz CT molecular complexity index is 1900. The van der Waals surface area contributed by atoms with Crippen LogP contribution in [0.5, 0.6) is 0 Å². The molecule has 8 fully saturated rings. The molecule has 0 spiro atoms. The number of esters is 6. The maximum absolute atomic E-state index is 14.0. The molecular formula is C60H94O20. The van der Waals surface area contributed by atoms with Crippen molar-refractivity contribution >= 4 is 35.8 Å². The topological polar surface area (TPSA) is 245 Å². The monoisotopic (exact) mass is 1130 g/mol. The second-order valence-corrected chi connectivity index (χ2v) is 24.0. The first kappa shape index (κ1) is 62.5. The Morgan fingerprint density at radius 1 is 0.338 bits per heavy atom. The van der Waals surface area contributed by atoms with Crippen LogP contribution in [0.15, 0.2) is 0 Å². The highest BCUT2D eigenvalue weighted by molar-refractivity contribution is 5.75. The van der Waals surface area contributed by atoms with Crippen LogP contribution in [0, 0.1) is 35.5 Å². The summed E-state index contributed by atoms with van der Waals surface area (Å²) in [7, 11) is 0. The van der Waals surface area contributed by atoms with Gasteiger partial charge in [-0.15, -0.1) is 0 Å². The molecule has 454 valence electrons. The molecule has 8 aliphatic rings. The van der Waals surface area contributed by atoms with Crippen molar-refractivity contribution in [3.05, 3.63) is 0 Å². The summed E-state index contributed by atoms with van der Waals surface area (Å²) in [5.41, 5.74) is 0. The van der Waals surface area contributed by atoms with Gasteiger partial charge < -0.3 is 47.4 Å². The first-order valence-corrected chi connectivity index (χ1v) is 31.2. The minimum atomic E-state index is -0.866. The third-order valence-electron chi connectivity index (χ3n) is 17.4. The van der Waals surface area contributed by atoms with Crippen LogP contribution in [0.25, 0.3) is 0 Å². The third-order valence-corrected chi connectivity index (χ3v) is 17.4. The van der Waals surface area contributed by atoms with Crippen LogP contribution in [0.3, 0.4) is 0 Å². The highest BCUT2D eigenvalue weighted by atomic mass is 17.2. The van der Waals surface area contributed by atoms with Crippen LogP contribution in [0.2, 0.25) is 0 Å². The van der Waals surface area contributed by atoms with E-state index >= 15 is 0 Å². The van der Waals surface area contributed by atoms with Gasteiger partial charge in [-0.1, -0.05) is 12.8 Å². The van der Waals surface area contributed by atoms with Crippen LogP contribution >= 0.6 is 0 Å². The second kappa shape index (κ2) is 34.3. The summed E-state index contributed by atoms with van der Waals surface area (Å²) in [6.07, 6.45) is 23.8. The van der Waals surface area contributed by atoms with E-state index in [9.17, 15) is 28.8 Å². The molecule has 20 nitrogen and oxygen atoms in total. The lowest BCUT2D eigenvalue weighted by Crippen LogP contribution is -2.33. The third kappa shape index (κ3) is 24.0. The number of ether oxygens (including phenoxy) is 10. The Morgan fingerprint density at radius 3 is 1.07 bits per heavy atom. The van der Waals surface area contributed by atoms with Crippen molar-refractivity contribution < 1.29 is 95.7 Å². The molecule has 0 bridgehead atoms. The number of hydrogen-bond donors (Lipinski definition) is 0. The maximum Gasteiger partial charge on any atom is 0.309 e. The maximum atomic E-state index is 14.0. The molecule has 4 aliphatic carbocycles. The molecule has 4 saturated heterocycles. The van der Waals surface area contributed by atoms with Crippen molar-refractivity contribution in [2.24, 2.45) is 35.5 Å². The number of carbonyl (C=O) groups excluding carboxylic acids is 6. The smallest absolute Gasteiger partial charge is 0.309 e. The molecule has 20 heteroatoms. The Balaban J connectivity index is 0.744. The summed E-state index contributed by atoms with van der Waals surface area (Å²) in [5, 5.41) is 0. The molecule has 8 rings (SSSR count). The molecular weight excluding hydrogens is 1040 g/mol. The van der Waals surface area contributed by atoms with Gasteiger partial charge in [0, 0.05) is 31.6 Å². The highest BCUT2D eigenvalue weighted by Gasteiger charge is 2.46. The summed E-state index contributed by atoms with van der Waals surface area (Å²) in [4.78, 5) is 99.5. The first-order valence-electron chi connectivity index (χ1n) is 31.2. The molecule has 4 saturated carbocycles. The van der Waals surface area contributed by atoms with E-state index < -0.39 is 23.8 Å². The molecule has 0 aromatic rings. The lowest BCUT2D eigenvalue weighted by Gasteiger charge is -2.24. The van der Waals surface area contributed by atoms with Crippen LogP contribution in [-0.2, 0) is 95.7 Å². The van der Waals surface area contributed by atoms with Crippen molar-refractivity contribution in [3.8, 4) is 0 Å². The molecule has 0 aromatic carbocycles. The summed E-state index contributed by atoms with van der Waals surface area (Å²) < 4.78 is 56.0. The molecule has 0 radical (unpaired) electrons. The van der Waals surface area contributed by atoms with E-state index in [-0.39, 0.29) is 82.8 Å². The number of carbonyl (C=O) groups is 6. The number of epoxide rings is 4. The average molecular weight is 1140 g/mol. The van der Waals surface area contributed by atoms with Crippen LogP contribution in [0.4, 0.5) is 0 Å². The standard InChI is InChI=1S/C60H94O20/c61-55(69-36-41-17-21-47-51(31-41)77-47)13-5-1-9-26-67-59(65)35-45(40-76-74-29-12-4-8-16-58(64)72-39-44-20-24-50-54(34-44)80-50)46(60(66)68-27-10-2-6-14-56(62)70-37-42-18-22-48-52(32-42)78-48)25-30-75-73-28-11-3-7-15-57(63)71-38-43-19-23-49-53(33-43)79-49/h41-54H,1-40H2. The first-order chi connectivity index (χ1) is 39.1. The van der Waals surface area contributed by atoms with Gasteiger partial charge in [0.05, 0.1) is 127 Å². The summed E-state index contributed by atoms with van der Waals surface area (Å²) in [6, 6.07) is 0. The second-order valence-electron chi connectivity index (χ2n) is 24.0. The number of hydrogen-bond acceptors (Lipinski definition) is 20. The van der Waals surface area contributed by atoms with Gasteiger partial charge in [-0.2, -0.15) is 0 Å². The molecule has 4 heterocycles. The van der Waals surface area contributed by atoms with Crippen molar-refractivity contribution in [2.45, 2.75) is 241 Å². The fourth-order valence-corrected chi connectivity index (χ4v) is 12.1. The zero-order valence-corrected chi connectivity index (χ0v) is 47.5. The summed E-state index contributed by atoms with van der Waals surface area (Å²) >= 11 is 0. The van der Waals surface area contributed by atoms with Crippen LogP contribution < -0.4 is 0 Å². The molecule has 0 N–H and O–H groups in total. The Morgan fingerprint density at radius 2 is 0.688 bits per heavy atom. The van der Waals surface area contributed by atoms with E-state index in [1.807, 2.05) is 0 Å². The number of fused-ring (bicyclic) bond motifs is 4. The Labute approximate surface area is 473 Å². The molecule has 0 amide bonds. The largest absolute Gasteiger partial charge is 0.466 e. The van der Waals surface area contributed by atoms with Crippen molar-refractivity contribution in [1.29, 1.82) is 0 Å². The van der Waals surface area contributed by atoms with Gasteiger partial charge in [-0.05, 0) is 171 Å². The van der Waals surface area contributed by atoms with Crippen molar-refractivity contribution in [3.63, 3.8) is 0 Å². The predicted molar refractivity (Wildman–Crippen MR) is 284 cm³/mol. The van der Waals surface area contributed by atoms with Gasteiger partial charge in [-0.25, -0.2) is 19.6 Å². The highest BCUT2D eigenvalue weighted by Crippen LogP contribution is 2.42. The Kier molecular flexibility index (Phi) is 26.8. The van der Waals surface area contributed by atoms with E-state index in [0.717, 1.165) is 83.5 Å². The lowest BCUT2D eigenvalue weighted by atomic mass is 9.87. The van der Waals surface area contributed by atoms with Gasteiger partial charge >= 0.3 is 35.8 Å². The fourth-order valence-electron chi connectivity index (χ4n) is 12.1. The zero-order valence-electron chi connectivity index (χ0n) is 47.5. The average Bonchev–Trinajstić information content (AvgIpc) is 4.33. The van der Waals surface area contributed by atoms with E-state index in [2.05, 4.69) is 0 Å². The molecule has 80 heavy (non-hydrogen) atoms. The van der Waals surface area contributed by atoms with Crippen LogP contribution in [0.1, 0.15) is 193 Å². The van der Waals surface area contributed by atoms with Crippen molar-refractivity contribution in [1.82, 2.24) is 0 Å². The minimum absolute atomic E-state index is 0.0144. The summed E-state index contributed by atoms with van der Waals surface area (Å²) in [5.74, 6) is -2.06. The summed E-state index contributed by atoms with van der Waals surface area (Å²) in [6.45, 7) is 2.39. The van der Waals surface area contributed by atoms with Gasteiger partial charge in [0.25, 0.3) is 0 Å². The quantitative estimate of drug-likeness (QED) is 0.0138. The molecule has 0 aromatic heterocycles. The van der Waals surface area contributed by atoms with Gasteiger partial charge in [0.2, 0.25) is 0 Å². The molecule has 14 unspecified atom stereocenters. The van der Waals surface area contributed by atoms with E-state index in [1.165, 1.54) is 0 Å². The van der Waals surface area contributed by atoms with E-state index in [0.29, 0.717) is 189 Å². The van der Waals surface area contributed by atoms with E-state index in [1.54, 1.807) is 0 Å². The van der Waals surface area contributed by atoms with Gasteiger partial charge in [0.1, 0.15) is 0 Å². The van der Waals surface area contributed by atoms with E-state index in [4.69, 9.17) is 66.9 Å². The zero-order chi connectivity index (χ0) is 55.7.